The summed E-state index contributed by atoms with van der Waals surface area (Å²) in [6.45, 7) is 0. The molecule has 0 aromatic rings. The third-order valence-electron chi connectivity index (χ3n) is 9.39. The number of rotatable bonds is 34. The zero-order chi connectivity index (χ0) is 45.9. The predicted octanol–water partition coefficient (Wildman–Crippen LogP) is 0.758. The molecule has 4 unspecified atom stereocenters. The highest BCUT2D eigenvalue weighted by Gasteiger charge is 2.33. The lowest BCUT2D eigenvalue weighted by Gasteiger charge is -2.18. The van der Waals surface area contributed by atoms with Crippen molar-refractivity contribution in [2.24, 2.45) is 0 Å². The number of hydrogen-bond acceptors (Lipinski definition) is 13. The summed E-state index contributed by atoms with van der Waals surface area (Å²) in [5, 5.41) is 55.7. The Bertz CT molecular complexity index is 1570. The van der Waals surface area contributed by atoms with Gasteiger partial charge in [-0.3, -0.25) is 33.6 Å². The van der Waals surface area contributed by atoms with Gasteiger partial charge in [0.05, 0.1) is 6.42 Å². The van der Waals surface area contributed by atoms with Crippen molar-refractivity contribution in [1.29, 1.82) is 0 Å². The van der Waals surface area contributed by atoms with Crippen LogP contribution in [0, 0.1) is 0 Å². The third kappa shape index (κ3) is 23.9. The lowest BCUT2D eigenvalue weighted by Crippen LogP contribution is -2.45. The molecule has 0 saturated carbocycles. The normalized spacial score (nSPS) is 14.2. The number of unbranched alkanes of at least 4 members (excludes halogenated alkanes) is 9. The van der Waals surface area contributed by atoms with Crippen LogP contribution in [0.25, 0.3) is 0 Å². The molecule has 0 aliphatic carbocycles. The summed E-state index contributed by atoms with van der Waals surface area (Å²) in [4.78, 5) is 147. The van der Waals surface area contributed by atoms with Gasteiger partial charge in [-0.15, -0.1) is 5.06 Å². The summed E-state index contributed by atoms with van der Waals surface area (Å²) in [5.74, 6) is -12.9. The van der Waals surface area contributed by atoms with E-state index in [1.54, 1.807) is 0 Å². The van der Waals surface area contributed by atoms with Gasteiger partial charge in [-0.1, -0.05) is 51.4 Å². The van der Waals surface area contributed by atoms with Gasteiger partial charge in [0.1, 0.15) is 24.2 Å². The fraction of sp³-hybridized carbons (Fsp3) is 0.684. The zero-order valence-corrected chi connectivity index (χ0v) is 33.9. The summed E-state index contributed by atoms with van der Waals surface area (Å²) < 4.78 is 0. The van der Waals surface area contributed by atoms with Crippen molar-refractivity contribution >= 4 is 71.3 Å². The number of hydroxylamine groups is 2. The number of carboxylic acids is 5. The average molecular weight is 872 g/mol. The number of carbonyl (C=O) groups excluding carboxylic acids is 7. The van der Waals surface area contributed by atoms with Crippen molar-refractivity contribution in [3.8, 4) is 0 Å². The van der Waals surface area contributed by atoms with E-state index in [0.717, 1.165) is 51.4 Å². The lowest BCUT2D eigenvalue weighted by atomic mass is 10.0. The topological polar surface area (TPSA) is 367 Å². The van der Waals surface area contributed by atoms with Crippen molar-refractivity contribution in [1.82, 2.24) is 26.3 Å². The summed E-state index contributed by atoms with van der Waals surface area (Å²) in [5.41, 5.74) is 0. The minimum atomic E-state index is -1.68. The van der Waals surface area contributed by atoms with E-state index < -0.39 is 140 Å². The molecule has 0 spiro atoms. The second-order valence-electron chi connectivity index (χ2n) is 14.5. The van der Waals surface area contributed by atoms with Crippen LogP contribution in [-0.2, 0) is 62.4 Å². The highest BCUT2D eigenvalue weighted by Crippen LogP contribution is 2.15. The quantitative estimate of drug-likeness (QED) is 0.0318. The minimum absolute atomic E-state index is 0.0688. The molecule has 1 aliphatic rings. The molecule has 0 aromatic heterocycles. The minimum Gasteiger partial charge on any atom is -0.481 e. The van der Waals surface area contributed by atoms with Crippen LogP contribution in [0.1, 0.15) is 141 Å². The van der Waals surface area contributed by atoms with Crippen LogP contribution < -0.4 is 21.3 Å². The van der Waals surface area contributed by atoms with Crippen molar-refractivity contribution in [3.05, 3.63) is 0 Å². The Morgan fingerprint density at radius 3 is 1.02 bits per heavy atom. The first kappa shape index (κ1) is 52.9. The number of aliphatic carboxylic acids is 5. The van der Waals surface area contributed by atoms with E-state index in [1.807, 2.05) is 0 Å². The van der Waals surface area contributed by atoms with Crippen LogP contribution >= 0.6 is 0 Å². The molecule has 0 aromatic carbocycles. The van der Waals surface area contributed by atoms with Crippen LogP contribution in [0.5, 0.6) is 0 Å². The fourth-order valence-electron chi connectivity index (χ4n) is 5.97. The molecular weight excluding hydrogens is 814 g/mol. The van der Waals surface area contributed by atoms with Crippen LogP contribution in [0.3, 0.4) is 0 Å². The van der Waals surface area contributed by atoms with Crippen LogP contribution in [0.15, 0.2) is 0 Å². The van der Waals surface area contributed by atoms with Gasteiger partial charge in [0.25, 0.3) is 11.8 Å². The zero-order valence-electron chi connectivity index (χ0n) is 33.9. The molecule has 342 valence electrons. The molecule has 1 heterocycles. The Morgan fingerprint density at radius 1 is 0.426 bits per heavy atom. The molecule has 1 fully saturated rings. The Balaban J connectivity index is 2.45. The Morgan fingerprint density at radius 2 is 0.705 bits per heavy atom. The van der Waals surface area contributed by atoms with E-state index in [1.165, 1.54) is 0 Å². The molecule has 9 N–H and O–H groups in total. The standard InChI is InChI=1S/C38H57N5O18/c44-27(11-9-7-5-3-1-2-4-6-8-10-12-33(50)51)39-23(35(53)54)13-17-28(45)40-24(36(55)56)14-18-29(46)41-25(37(57)58)15-19-30(47)42-26(38(59)60)16-22-34(52)61-43-31(48)20-21-32(43)49/h23-26H,1-22H2,(H,39,44)(H,40,45)(H,41,46)(H,42,47)(H,50,51)(H,53,54)(H,55,56)(H,57,58)(H,59,60). The van der Waals surface area contributed by atoms with Gasteiger partial charge in [-0.05, 0) is 38.5 Å². The summed E-state index contributed by atoms with van der Waals surface area (Å²) in [7, 11) is 0. The van der Waals surface area contributed by atoms with Gasteiger partial charge in [0, 0.05) is 44.9 Å². The number of carbonyl (C=O) groups is 12. The van der Waals surface area contributed by atoms with E-state index in [4.69, 9.17) is 5.11 Å². The van der Waals surface area contributed by atoms with Gasteiger partial charge >= 0.3 is 35.8 Å². The monoisotopic (exact) mass is 871 g/mol. The number of hydrogen-bond donors (Lipinski definition) is 9. The maximum absolute atomic E-state index is 12.5. The predicted molar refractivity (Wildman–Crippen MR) is 205 cm³/mol. The maximum Gasteiger partial charge on any atom is 0.333 e. The molecule has 0 bridgehead atoms. The largest absolute Gasteiger partial charge is 0.481 e. The van der Waals surface area contributed by atoms with Crippen molar-refractivity contribution in [2.75, 3.05) is 0 Å². The molecular formula is C38H57N5O18. The molecule has 23 nitrogen and oxygen atoms in total. The molecule has 6 amide bonds. The van der Waals surface area contributed by atoms with E-state index in [-0.39, 0.29) is 37.2 Å². The van der Waals surface area contributed by atoms with Crippen molar-refractivity contribution in [2.45, 2.75) is 165 Å². The van der Waals surface area contributed by atoms with E-state index >= 15 is 0 Å². The van der Waals surface area contributed by atoms with Gasteiger partial charge in [0.2, 0.25) is 23.6 Å². The molecule has 61 heavy (non-hydrogen) atoms. The average Bonchev–Trinajstić information content (AvgIpc) is 3.49. The lowest BCUT2D eigenvalue weighted by molar-refractivity contribution is -0.197. The van der Waals surface area contributed by atoms with Crippen LogP contribution in [-0.4, -0.2) is 126 Å². The number of imide groups is 1. The first-order valence-electron chi connectivity index (χ1n) is 20.2. The Labute approximate surface area is 350 Å². The fourth-order valence-corrected chi connectivity index (χ4v) is 5.97. The Hall–Kier alpha value is -6.16. The second-order valence-corrected chi connectivity index (χ2v) is 14.5. The first-order chi connectivity index (χ1) is 28.8. The highest BCUT2D eigenvalue weighted by molar-refractivity contribution is 6.01. The molecule has 1 rings (SSSR count). The maximum atomic E-state index is 12.5. The van der Waals surface area contributed by atoms with Gasteiger partial charge < -0.3 is 51.6 Å². The molecule has 4 atom stereocenters. The molecule has 1 aliphatic heterocycles. The highest BCUT2D eigenvalue weighted by atomic mass is 16.7. The number of amides is 6. The summed E-state index contributed by atoms with van der Waals surface area (Å²) in [6, 6.07) is -6.41. The van der Waals surface area contributed by atoms with Crippen molar-refractivity contribution < 1.29 is 87.9 Å². The van der Waals surface area contributed by atoms with Gasteiger partial charge in [-0.2, -0.15) is 0 Å². The van der Waals surface area contributed by atoms with Gasteiger partial charge in [0.15, 0.2) is 0 Å². The van der Waals surface area contributed by atoms with Gasteiger partial charge in [-0.25, -0.2) is 24.0 Å². The number of nitrogens with one attached hydrogen (secondary N) is 4. The summed E-state index contributed by atoms with van der Waals surface area (Å²) in [6.07, 6.45) is 4.40. The van der Waals surface area contributed by atoms with E-state index in [2.05, 4.69) is 26.1 Å². The number of carboxylic acid groups (broad SMARTS) is 5. The second kappa shape index (κ2) is 29.1. The van der Waals surface area contributed by atoms with Crippen LogP contribution in [0.2, 0.25) is 0 Å². The smallest absolute Gasteiger partial charge is 0.333 e. The van der Waals surface area contributed by atoms with Crippen LogP contribution in [0.4, 0.5) is 0 Å². The van der Waals surface area contributed by atoms with E-state index in [0.29, 0.717) is 12.8 Å². The third-order valence-corrected chi connectivity index (χ3v) is 9.39. The number of nitrogens with zero attached hydrogens (tertiary/aromatic N) is 1. The molecule has 1 saturated heterocycles. The first-order valence-corrected chi connectivity index (χ1v) is 20.2. The molecule has 23 heteroatoms. The molecule has 0 radical (unpaired) electrons. The van der Waals surface area contributed by atoms with Crippen molar-refractivity contribution in [3.63, 3.8) is 0 Å². The summed E-state index contributed by atoms with van der Waals surface area (Å²) >= 11 is 0. The van der Waals surface area contributed by atoms with E-state index in [9.17, 15) is 78.0 Å². The SMILES string of the molecule is O=C(O)CCCCCCCCCCCCC(=O)NC(CCC(=O)NC(CCC(=O)NC(CCC(=O)NC(CCC(=O)ON1C(=O)CCC1=O)C(=O)O)C(=O)O)C(=O)O)C(=O)O. The Kier molecular flexibility index (Phi) is 25.2.